The molecule has 0 saturated carbocycles. The molecule has 0 aliphatic rings. The van der Waals surface area contributed by atoms with Gasteiger partial charge in [0.05, 0.1) is 0 Å². The van der Waals surface area contributed by atoms with Crippen molar-refractivity contribution in [3.05, 3.63) is 10.4 Å². The lowest BCUT2D eigenvalue weighted by molar-refractivity contribution is 0.111. The van der Waals surface area contributed by atoms with Gasteiger partial charge in [0.15, 0.2) is 16.8 Å². The van der Waals surface area contributed by atoms with Crippen LogP contribution in [0.25, 0.3) is 0 Å². The van der Waals surface area contributed by atoms with E-state index >= 15 is 0 Å². The van der Waals surface area contributed by atoms with Gasteiger partial charge in [-0.1, -0.05) is 0 Å². The van der Waals surface area contributed by atoms with E-state index in [-0.39, 0.29) is 6.03 Å². The minimum absolute atomic E-state index is 0.295. The van der Waals surface area contributed by atoms with Crippen molar-refractivity contribution in [1.82, 2.24) is 14.9 Å². The van der Waals surface area contributed by atoms with E-state index in [0.717, 1.165) is 0 Å². The number of urea groups is 1. The predicted molar refractivity (Wildman–Crippen MR) is 63.8 cm³/mol. The van der Waals surface area contributed by atoms with Crippen LogP contribution in [0, 0.1) is 0 Å². The Balaban J connectivity index is 3.24. The molecule has 1 aromatic heterocycles. The second-order valence-corrected chi connectivity index (χ2v) is 3.78. The van der Waals surface area contributed by atoms with Crippen LogP contribution in [0.4, 0.5) is 10.6 Å². The van der Waals surface area contributed by atoms with E-state index < -0.39 is 0 Å². The molecule has 1 N–H and O–H groups in total. The second-order valence-electron chi connectivity index (χ2n) is 3.07. The van der Waals surface area contributed by atoms with Gasteiger partial charge in [-0.05, 0) is 22.9 Å². The third kappa shape index (κ3) is 2.08. The molecule has 1 rings (SSSR count). The van der Waals surface area contributed by atoms with Crippen molar-refractivity contribution in [3.63, 3.8) is 0 Å². The van der Waals surface area contributed by atoms with Gasteiger partial charge in [0.1, 0.15) is 5.69 Å². The third-order valence-corrected chi connectivity index (χ3v) is 2.92. The molecule has 6 nitrogen and oxygen atoms in total. The first-order valence-corrected chi connectivity index (χ1v) is 5.52. The highest BCUT2D eigenvalue weighted by atomic mass is 79.9. The highest BCUT2D eigenvalue weighted by molar-refractivity contribution is 9.10. The fraction of sp³-hybridized carbons (Fsp3) is 0.444. The Labute approximate surface area is 102 Å². The van der Waals surface area contributed by atoms with E-state index in [9.17, 15) is 9.59 Å². The number of hydrogen-bond donors (Lipinski definition) is 1. The van der Waals surface area contributed by atoms with E-state index in [1.165, 1.54) is 11.9 Å². The molecule has 0 radical (unpaired) electrons. The highest BCUT2D eigenvalue weighted by Gasteiger charge is 2.21. The second kappa shape index (κ2) is 5.11. The Morgan fingerprint density at radius 2 is 2.31 bits per heavy atom. The molecule has 1 heterocycles. The van der Waals surface area contributed by atoms with Crippen LogP contribution in [0.5, 0.6) is 0 Å². The smallest absolute Gasteiger partial charge is 0.322 e. The topological polar surface area (TPSA) is 67.2 Å². The minimum Gasteiger partial charge on any atom is -0.341 e. The first-order valence-electron chi connectivity index (χ1n) is 4.73. The van der Waals surface area contributed by atoms with Gasteiger partial charge in [-0.2, -0.15) is 0 Å². The molecule has 88 valence electrons. The van der Waals surface area contributed by atoms with Crippen molar-refractivity contribution >= 4 is 34.1 Å². The summed E-state index contributed by atoms with van der Waals surface area (Å²) in [5.74, 6) is 0.353. The summed E-state index contributed by atoms with van der Waals surface area (Å²) in [6, 6.07) is -0.295. The van der Waals surface area contributed by atoms with E-state index in [4.69, 9.17) is 0 Å². The summed E-state index contributed by atoms with van der Waals surface area (Å²) >= 11 is 3.21. The average molecular weight is 289 g/mol. The van der Waals surface area contributed by atoms with Crippen LogP contribution in [0.1, 0.15) is 17.4 Å². The summed E-state index contributed by atoms with van der Waals surface area (Å²) in [4.78, 5) is 28.1. The lowest BCUT2D eigenvalue weighted by Crippen LogP contribution is -2.38. The molecule has 7 heteroatoms. The number of nitrogens with zero attached hydrogens (tertiary/aromatic N) is 3. The molecular weight excluding hydrogens is 276 g/mol. The van der Waals surface area contributed by atoms with Crippen LogP contribution in [0.2, 0.25) is 0 Å². The summed E-state index contributed by atoms with van der Waals surface area (Å²) in [6.45, 7) is 2.25. The number of rotatable bonds is 3. The molecule has 16 heavy (non-hydrogen) atoms. The fourth-order valence-corrected chi connectivity index (χ4v) is 1.68. The zero-order valence-corrected chi connectivity index (χ0v) is 10.9. The Morgan fingerprint density at radius 3 is 2.75 bits per heavy atom. The molecular formula is C9H13BrN4O2. The number of nitrogens with one attached hydrogen (secondary N) is 1. The number of hydrogen-bond acceptors (Lipinski definition) is 3. The first-order chi connectivity index (χ1) is 7.56. The zero-order chi connectivity index (χ0) is 12.3. The van der Waals surface area contributed by atoms with Crippen molar-refractivity contribution in [1.29, 1.82) is 0 Å². The van der Waals surface area contributed by atoms with Gasteiger partial charge < -0.3 is 9.88 Å². The molecule has 2 amide bonds. The Hall–Kier alpha value is -1.37. The molecule has 0 atom stereocenters. The molecule has 0 spiro atoms. The lowest BCUT2D eigenvalue weighted by Gasteiger charge is -2.18. The SMILES string of the molecule is CCN(C(=O)NC)c1nc(Br)n(C)c1C=O. The number of aldehydes is 1. The third-order valence-electron chi connectivity index (χ3n) is 2.21. The van der Waals surface area contributed by atoms with Crippen molar-refractivity contribution < 1.29 is 9.59 Å². The van der Waals surface area contributed by atoms with Crippen LogP contribution in [-0.2, 0) is 7.05 Å². The Morgan fingerprint density at radius 1 is 1.69 bits per heavy atom. The molecule has 0 aliphatic heterocycles. The molecule has 0 fully saturated rings. The molecule has 0 aromatic carbocycles. The van der Waals surface area contributed by atoms with Gasteiger partial charge in [0, 0.05) is 20.6 Å². The predicted octanol–water partition coefficient (Wildman–Crippen LogP) is 1.16. The van der Waals surface area contributed by atoms with E-state index in [1.807, 2.05) is 6.92 Å². The minimum atomic E-state index is -0.295. The Kier molecular flexibility index (Phi) is 4.05. The monoisotopic (exact) mass is 288 g/mol. The quantitative estimate of drug-likeness (QED) is 0.849. The van der Waals surface area contributed by atoms with Crippen LogP contribution >= 0.6 is 15.9 Å². The average Bonchev–Trinajstić information content (AvgIpc) is 2.56. The first kappa shape index (κ1) is 12.7. The van der Waals surface area contributed by atoms with Crippen LogP contribution in [0.3, 0.4) is 0 Å². The van der Waals surface area contributed by atoms with E-state index in [2.05, 4.69) is 26.2 Å². The maximum atomic E-state index is 11.6. The summed E-state index contributed by atoms with van der Waals surface area (Å²) < 4.78 is 2.08. The van der Waals surface area contributed by atoms with Crippen molar-refractivity contribution in [2.24, 2.45) is 7.05 Å². The zero-order valence-electron chi connectivity index (χ0n) is 9.32. The van der Waals surface area contributed by atoms with Gasteiger partial charge in [-0.15, -0.1) is 0 Å². The number of carbonyl (C=O) groups excluding carboxylic acids is 2. The maximum Gasteiger partial charge on any atom is 0.322 e. The number of aromatic nitrogens is 2. The molecule has 1 aromatic rings. The van der Waals surface area contributed by atoms with Crippen molar-refractivity contribution in [2.45, 2.75) is 6.92 Å². The van der Waals surface area contributed by atoms with E-state index in [1.54, 1.807) is 11.6 Å². The number of anilines is 1. The summed E-state index contributed by atoms with van der Waals surface area (Å²) in [5.41, 5.74) is 0.359. The summed E-state index contributed by atoms with van der Waals surface area (Å²) in [5, 5.41) is 2.50. The number of imidazole rings is 1. The highest BCUT2D eigenvalue weighted by Crippen LogP contribution is 2.22. The molecule has 0 bridgehead atoms. The lowest BCUT2D eigenvalue weighted by atomic mass is 10.4. The Bertz CT molecular complexity index is 416. The maximum absolute atomic E-state index is 11.6. The van der Waals surface area contributed by atoms with Crippen LogP contribution in [-0.4, -0.2) is 35.5 Å². The largest absolute Gasteiger partial charge is 0.341 e. The fourth-order valence-electron chi connectivity index (χ4n) is 1.32. The van der Waals surface area contributed by atoms with Gasteiger partial charge in [0.2, 0.25) is 0 Å². The summed E-state index contributed by atoms with van der Waals surface area (Å²) in [7, 11) is 3.23. The van der Waals surface area contributed by atoms with Gasteiger partial charge in [-0.25, -0.2) is 9.78 Å². The standard InChI is InChI=1S/C9H13BrN4O2/c1-4-14(9(16)11-2)7-6(5-15)13(3)8(10)12-7/h5H,4H2,1-3H3,(H,11,16). The normalized spacial score (nSPS) is 10.0. The number of halogens is 1. The van der Waals surface area contributed by atoms with E-state index in [0.29, 0.717) is 29.1 Å². The number of carbonyl (C=O) groups is 2. The molecule has 0 unspecified atom stereocenters. The van der Waals surface area contributed by atoms with Crippen LogP contribution < -0.4 is 10.2 Å². The van der Waals surface area contributed by atoms with Crippen molar-refractivity contribution in [2.75, 3.05) is 18.5 Å². The number of amides is 2. The van der Waals surface area contributed by atoms with Gasteiger partial charge >= 0.3 is 6.03 Å². The van der Waals surface area contributed by atoms with Crippen molar-refractivity contribution in [3.8, 4) is 0 Å². The molecule has 0 saturated heterocycles. The summed E-state index contributed by atoms with van der Waals surface area (Å²) in [6.07, 6.45) is 0.679. The van der Waals surface area contributed by atoms with Gasteiger partial charge in [-0.3, -0.25) is 9.69 Å². The van der Waals surface area contributed by atoms with Crippen LogP contribution in [0.15, 0.2) is 4.73 Å². The van der Waals surface area contributed by atoms with Gasteiger partial charge in [0.25, 0.3) is 0 Å². The molecule has 0 aliphatic carbocycles.